The number of nitrogens with zero attached hydrogens (tertiary/aromatic N) is 3. The van der Waals surface area contributed by atoms with E-state index in [2.05, 4.69) is 15.3 Å². The average Bonchev–Trinajstić information content (AvgIpc) is 2.55. The van der Waals surface area contributed by atoms with Crippen LogP contribution in [0.3, 0.4) is 0 Å². The fourth-order valence-corrected chi connectivity index (χ4v) is 2.18. The Morgan fingerprint density at radius 3 is 2.65 bits per heavy atom. The highest BCUT2D eigenvalue weighted by molar-refractivity contribution is 5.46. The Hall–Kier alpha value is -2.34. The standard InChI is InChI=1S/C17H24N4O2/c1-4-23-16-13-15(18-11-8-12-20(2)3)17(22)21(19-16)14-9-6-5-7-10-14/h5-7,9-10,13,18H,4,8,11-12H2,1-3H3. The minimum atomic E-state index is -0.176. The van der Waals surface area contributed by atoms with Gasteiger partial charge in [-0.2, -0.15) is 4.68 Å². The van der Waals surface area contributed by atoms with Crippen molar-refractivity contribution >= 4 is 5.69 Å². The van der Waals surface area contributed by atoms with Gasteiger partial charge in [0.15, 0.2) is 0 Å². The summed E-state index contributed by atoms with van der Waals surface area (Å²) in [5.74, 6) is 0.436. The summed E-state index contributed by atoms with van der Waals surface area (Å²) >= 11 is 0. The summed E-state index contributed by atoms with van der Waals surface area (Å²) < 4.78 is 6.86. The van der Waals surface area contributed by atoms with Gasteiger partial charge in [-0.05, 0) is 46.1 Å². The fourth-order valence-electron chi connectivity index (χ4n) is 2.18. The molecule has 0 atom stereocenters. The van der Waals surface area contributed by atoms with E-state index in [4.69, 9.17) is 4.74 Å². The summed E-state index contributed by atoms with van der Waals surface area (Å²) in [6.45, 7) is 4.07. The molecule has 0 bridgehead atoms. The van der Waals surface area contributed by atoms with E-state index in [-0.39, 0.29) is 5.56 Å². The molecule has 2 rings (SSSR count). The zero-order valence-corrected chi connectivity index (χ0v) is 14.0. The zero-order valence-electron chi connectivity index (χ0n) is 14.0. The molecule has 6 nitrogen and oxygen atoms in total. The highest BCUT2D eigenvalue weighted by Crippen LogP contribution is 2.13. The van der Waals surface area contributed by atoms with E-state index in [0.29, 0.717) is 18.2 Å². The molecule has 0 spiro atoms. The van der Waals surface area contributed by atoms with Crippen LogP contribution in [0.1, 0.15) is 13.3 Å². The topological polar surface area (TPSA) is 59.4 Å². The van der Waals surface area contributed by atoms with Gasteiger partial charge in [0.05, 0.1) is 12.3 Å². The lowest BCUT2D eigenvalue weighted by atomic mass is 10.3. The van der Waals surface area contributed by atoms with Crippen LogP contribution in [0.5, 0.6) is 5.88 Å². The van der Waals surface area contributed by atoms with Crippen LogP contribution in [0.25, 0.3) is 5.69 Å². The third-order valence-electron chi connectivity index (χ3n) is 3.28. The second-order valence-electron chi connectivity index (χ2n) is 5.47. The smallest absolute Gasteiger partial charge is 0.295 e. The van der Waals surface area contributed by atoms with Crippen molar-refractivity contribution in [3.05, 3.63) is 46.8 Å². The van der Waals surface area contributed by atoms with E-state index in [1.807, 2.05) is 51.4 Å². The molecule has 1 aromatic heterocycles. The number of aromatic nitrogens is 2. The van der Waals surface area contributed by atoms with Gasteiger partial charge < -0.3 is 15.0 Å². The van der Waals surface area contributed by atoms with Crippen molar-refractivity contribution in [2.75, 3.05) is 39.1 Å². The maximum absolute atomic E-state index is 12.6. The summed E-state index contributed by atoms with van der Waals surface area (Å²) in [5.41, 5.74) is 1.05. The molecule has 124 valence electrons. The first-order valence-electron chi connectivity index (χ1n) is 7.83. The molecule has 0 amide bonds. The molecule has 0 aliphatic heterocycles. The van der Waals surface area contributed by atoms with E-state index in [1.165, 1.54) is 4.68 Å². The number of benzene rings is 1. The van der Waals surface area contributed by atoms with Crippen molar-refractivity contribution in [2.24, 2.45) is 0 Å². The molecular formula is C17H24N4O2. The van der Waals surface area contributed by atoms with Gasteiger partial charge in [0.2, 0.25) is 5.88 Å². The molecule has 0 saturated carbocycles. The monoisotopic (exact) mass is 316 g/mol. The Kier molecular flexibility index (Phi) is 6.17. The Balaban J connectivity index is 2.26. The average molecular weight is 316 g/mol. The van der Waals surface area contributed by atoms with Crippen LogP contribution in [-0.4, -0.2) is 48.5 Å². The van der Waals surface area contributed by atoms with Gasteiger partial charge in [0.25, 0.3) is 5.56 Å². The number of nitrogens with one attached hydrogen (secondary N) is 1. The maximum Gasteiger partial charge on any atom is 0.295 e. The highest BCUT2D eigenvalue weighted by Gasteiger charge is 2.10. The number of rotatable bonds is 8. The number of para-hydroxylation sites is 1. The van der Waals surface area contributed by atoms with Crippen molar-refractivity contribution in [2.45, 2.75) is 13.3 Å². The van der Waals surface area contributed by atoms with Crippen molar-refractivity contribution in [3.63, 3.8) is 0 Å². The van der Waals surface area contributed by atoms with Gasteiger partial charge in [0, 0.05) is 12.6 Å². The Labute approximate surface area is 136 Å². The summed E-state index contributed by atoms with van der Waals surface area (Å²) in [6.07, 6.45) is 0.948. The molecule has 23 heavy (non-hydrogen) atoms. The number of ether oxygens (including phenoxy) is 1. The van der Waals surface area contributed by atoms with Crippen molar-refractivity contribution in [1.82, 2.24) is 14.7 Å². The second kappa shape index (κ2) is 8.33. The Morgan fingerprint density at radius 1 is 1.26 bits per heavy atom. The molecule has 0 unspecified atom stereocenters. The predicted molar refractivity (Wildman–Crippen MR) is 92.7 cm³/mol. The van der Waals surface area contributed by atoms with E-state index >= 15 is 0 Å². The number of hydrogen-bond donors (Lipinski definition) is 1. The van der Waals surface area contributed by atoms with E-state index in [9.17, 15) is 4.79 Å². The van der Waals surface area contributed by atoms with E-state index in [0.717, 1.165) is 25.2 Å². The lowest BCUT2D eigenvalue weighted by molar-refractivity contribution is 0.319. The minimum absolute atomic E-state index is 0.176. The Bertz CT molecular complexity index is 668. The van der Waals surface area contributed by atoms with Gasteiger partial charge in [0.1, 0.15) is 5.69 Å². The number of hydrogen-bond acceptors (Lipinski definition) is 5. The molecule has 1 N–H and O–H groups in total. The van der Waals surface area contributed by atoms with E-state index < -0.39 is 0 Å². The minimum Gasteiger partial charge on any atom is -0.477 e. The Morgan fingerprint density at radius 2 is 2.00 bits per heavy atom. The molecule has 0 radical (unpaired) electrons. The van der Waals surface area contributed by atoms with Crippen LogP contribution >= 0.6 is 0 Å². The summed E-state index contributed by atoms with van der Waals surface area (Å²) in [7, 11) is 4.06. The van der Waals surface area contributed by atoms with Gasteiger partial charge in [-0.1, -0.05) is 18.2 Å². The summed E-state index contributed by atoms with van der Waals surface area (Å²) in [5, 5.41) is 7.48. The van der Waals surface area contributed by atoms with E-state index in [1.54, 1.807) is 6.07 Å². The third kappa shape index (κ3) is 4.82. The molecule has 0 fully saturated rings. The maximum atomic E-state index is 12.6. The van der Waals surface area contributed by atoms with Gasteiger partial charge in [-0.25, -0.2) is 0 Å². The quantitative estimate of drug-likeness (QED) is 0.755. The largest absolute Gasteiger partial charge is 0.477 e. The summed E-state index contributed by atoms with van der Waals surface area (Å²) in [6, 6.07) is 11.0. The van der Waals surface area contributed by atoms with Crippen molar-refractivity contribution in [1.29, 1.82) is 0 Å². The molecule has 2 aromatic rings. The van der Waals surface area contributed by atoms with Crippen LogP contribution in [-0.2, 0) is 0 Å². The lowest BCUT2D eigenvalue weighted by Crippen LogP contribution is -2.26. The van der Waals surface area contributed by atoms with Gasteiger partial charge in [-0.15, -0.1) is 5.10 Å². The normalized spacial score (nSPS) is 10.8. The van der Waals surface area contributed by atoms with Crippen LogP contribution in [0.4, 0.5) is 5.69 Å². The second-order valence-corrected chi connectivity index (χ2v) is 5.47. The molecule has 1 aromatic carbocycles. The predicted octanol–water partition coefficient (Wildman–Crippen LogP) is 1.99. The molecule has 0 saturated heterocycles. The van der Waals surface area contributed by atoms with Crippen LogP contribution in [0.15, 0.2) is 41.2 Å². The molecule has 0 aliphatic carbocycles. The SMILES string of the molecule is CCOc1cc(NCCCN(C)C)c(=O)n(-c2ccccc2)n1. The van der Waals surface area contributed by atoms with Gasteiger partial charge >= 0.3 is 0 Å². The van der Waals surface area contributed by atoms with Crippen LogP contribution in [0.2, 0.25) is 0 Å². The summed E-state index contributed by atoms with van der Waals surface area (Å²) in [4.78, 5) is 14.7. The van der Waals surface area contributed by atoms with Crippen LogP contribution < -0.4 is 15.6 Å². The fraction of sp³-hybridized carbons (Fsp3) is 0.412. The highest BCUT2D eigenvalue weighted by atomic mass is 16.5. The van der Waals surface area contributed by atoms with Crippen molar-refractivity contribution < 1.29 is 4.74 Å². The lowest BCUT2D eigenvalue weighted by Gasteiger charge is -2.13. The number of anilines is 1. The van der Waals surface area contributed by atoms with Crippen molar-refractivity contribution in [3.8, 4) is 11.6 Å². The molecule has 1 heterocycles. The molecular weight excluding hydrogens is 292 g/mol. The molecule has 6 heteroatoms. The first-order valence-corrected chi connectivity index (χ1v) is 7.83. The zero-order chi connectivity index (χ0) is 16.7. The first-order chi connectivity index (χ1) is 11.1. The third-order valence-corrected chi connectivity index (χ3v) is 3.28. The van der Waals surface area contributed by atoms with Gasteiger partial charge in [-0.3, -0.25) is 4.79 Å². The van der Waals surface area contributed by atoms with Crippen LogP contribution in [0, 0.1) is 0 Å². The molecule has 0 aliphatic rings. The first kappa shape index (κ1) is 17.0.